The maximum Gasteiger partial charge on any atom is 0.0719 e. The van der Waals surface area contributed by atoms with Crippen LogP contribution in [-0.4, -0.2) is 9.55 Å². The fraction of sp³-hybridized carbons (Fsp3) is 0. The lowest BCUT2D eigenvalue weighted by molar-refractivity contribution is 1.19. The molecule has 0 saturated carbocycles. The molecule has 3 aromatic heterocycles. The van der Waals surface area contributed by atoms with E-state index in [-0.39, 0.29) is 0 Å². The quantitative estimate of drug-likeness (QED) is 0.244. The van der Waals surface area contributed by atoms with Gasteiger partial charge in [0.15, 0.2) is 0 Å². The van der Waals surface area contributed by atoms with Gasteiger partial charge in [-0.25, -0.2) is 0 Å². The highest BCUT2D eigenvalue weighted by Crippen LogP contribution is 2.44. The lowest BCUT2D eigenvalue weighted by Gasteiger charge is -2.10. The van der Waals surface area contributed by atoms with Crippen molar-refractivity contribution in [2.45, 2.75) is 0 Å². The Balaban J connectivity index is 1.64. The van der Waals surface area contributed by atoms with Gasteiger partial charge in [0.1, 0.15) is 0 Å². The van der Waals surface area contributed by atoms with Gasteiger partial charge in [-0.15, -0.1) is 11.3 Å². The molecule has 0 N–H and O–H groups in total. The lowest BCUT2D eigenvalue weighted by atomic mass is 10.0. The summed E-state index contributed by atoms with van der Waals surface area (Å²) < 4.78 is 5.14. The molecule has 0 saturated heterocycles. The summed E-state index contributed by atoms with van der Waals surface area (Å²) in [6.45, 7) is 0. The molecule has 158 valence electrons. The van der Waals surface area contributed by atoms with Crippen LogP contribution in [0, 0.1) is 0 Å². The van der Waals surface area contributed by atoms with E-state index in [1.54, 1.807) is 0 Å². The van der Waals surface area contributed by atoms with E-state index in [0.717, 1.165) is 5.39 Å². The van der Waals surface area contributed by atoms with Crippen LogP contribution in [0.3, 0.4) is 0 Å². The maximum atomic E-state index is 4.30. The number of hydrogen-bond acceptors (Lipinski definition) is 2. The first kappa shape index (κ1) is 18.2. The Morgan fingerprint density at radius 2 is 1.44 bits per heavy atom. The second-order valence-electron chi connectivity index (χ2n) is 8.86. The highest BCUT2D eigenvalue weighted by molar-refractivity contribution is 7.26. The van der Waals surface area contributed by atoms with E-state index in [0.29, 0.717) is 0 Å². The van der Waals surface area contributed by atoms with Crippen LogP contribution in [0.2, 0.25) is 0 Å². The Bertz CT molecular complexity index is 2080. The molecular weight excluding hydrogens is 432 g/mol. The minimum Gasteiger partial charge on any atom is -0.308 e. The first-order chi connectivity index (χ1) is 16.9. The van der Waals surface area contributed by atoms with Gasteiger partial charge in [0.2, 0.25) is 0 Å². The van der Waals surface area contributed by atoms with Crippen molar-refractivity contribution < 1.29 is 0 Å². The maximum absolute atomic E-state index is 4.30. The standard InChI is InChI=1S/C31H18N2S/c1-2-6-23-19(5-1)10-14-27-29(23)26-13-12-25-24-7-3-4-8-28(24)34-31(25)30(26)33(27)22-11-9-21-18-32-16-15-20(21)17-22/h1-18H. The molecule has 0 aliphatic carbocycles. The number of hydrogen-bond donors (Lipinski definition) is 0. The summed E-state index contributed by atoms with van der Waals surface area (Å²) in [6, 6.07) is 35.4. The summed E-state index contributed by atoms with van der Waals surface area (Å²) in [5.74, 6) is 0. The third-order valence-corrected chi connectivity index (χ3v) is 8.24. The van der Waals surface area contributed by atoms with Gasteiger partial charge in [-0.3, -0.25) is 4.98 Å². The fourth-order valence-electron chi connectivity index (χ4n) is 5.53. The van der Waals surface area contributed by atoms with E-state index < -0.39 is 0 Å². The smallest absolute Gasteiger partial charge is 0.0719 e. The van der Waals surface area contributed by atoms with Gasteiger partial charge < -0.3 is 4.57 Å². The molecule has 0 aliphatic heterocycles. The molecule has 0 spiro atoms. The van der Waals surface area contributed by atoms with E-state index >= 15 is 0 Å². The monoisotopic (exact) mass is 450 g/mol. The Morgan fingerprint density at radius 1 is 0.618 bits per heavy atom. The number of rotatable bonds is 1. The van der Waals surface area contributed by atoms with E-state index in [1.807, 2.05) is 23.7 Å². The SMILES string of the molecule is c1ccc2c(c1)ccc1c2c2ccc3c4ccccc4sc3c2n1-c1ccc2cnccc2c1. The molecule has 8 rings (SSSR count). The van der Waals surface area contributed by atoms with Crippen LogP contribution in [0.4, 0.5) is 0 Å². The molecule has 3 heterocycles. The zero-order valence-electron chi connectivity index (χ0n) is 18.2. The lowest BCUT2D eigenvalue weighted by Crippen LogP contribution is -1.94. The molecule has 0 radical (unpaired) electrons. The molecule has 0 unspecified atom stereocenters. The molecule has 2 nitrogen and oxygen atoms in total. The van der Waals surface area contributed by atoms with Crippen molar-refractivity contribution in [2.75, 3.05) is 0 Å². The third-order valence-electron chi connectivity index (χ3n) is 7.04. The highest BCUT2D eigenvalue weighted by atomic mass is 32.1. The first-order valence-electron chi connectivity index (χ1n) is 11.5. The number of benzene rings is 5. The third kappa shape index (κ3) is 2.37. The topological polar surface area (TPSA) is 17.8 Å². The van der Waals surface area contributed by atoms with E-state index in [2.05, 4.69) is 107 Å². The van der Waals surface area contributed by atoms with Crippen molar-refractivity contribution in [2.24, 2.45) is 0 Å². The number of fused-ring (bicyclic) bond motifs is 10. The number of aromatic nitrogens is 2. The molecule has 0 atom stereocenters. The Kier molecular flexibility index (Phi) is 3.57. The van der Waals surface area contributed by atoms with Crippen LogP contribution in [0.1, 0.15) is 0 Å². The summed E-state index contributed by atoms with van der Waals surface area (Å²) >= 11 is 1.89. The van der Waals surface area contributed by atoms with Crippen molar-refractivity contribution in [3.05, 3.63) is 109 Å². The van der Waals surface area contributed by atoms with Gasteiger partial charge in [0, 0.05) is 49.7 Å². The number of thiophene rings is 1. The van der Waals surface area contributed by atoms with Crippen molar-refractivity contribution in [1.82, 2.24) is 9.55 Å². The minimum absolute atomic E-state index is 1.16. The van der Waals surface area contributed by atoms with Gasteiger partial charge in [0.25, 0.3) is 0 Å². The molecule has 3 heteroatoms. The van der Waals surface area contributed by atoms with Crippen molar-refractivity contribution in [1.29, 1.82) is 0 Å². The highest BCUT2D eigenvalue weighted by Gasteiger charge is 2.19. The molecule has 5 aromatic carbocycles. The Hall–Kier alpha value is -4.21. The average molecular weight is 451 g/mol. The first-order valence-corrected chi connectivity index (χ1v) is 12.3. The molecule has 34 heavy (non-hydrogen) atoms. The van der Waals surface area contributed by atoms with Crippen molar-refractivity contribution >= 4 is 74.9 Å². The fourth-order valence-corrected chi connectivity index (χ4v) is 6.77. The van der Waals surface area contributed by atoms with E-state index in [4.69, 9.17) is 0 Å². The van der Waals surface area contributed by atoms with Crippen LogP contribution < -0.4 is 0 Å². The molecule has 0 fully saturated rings. The van der Waals surface area contributed by atoms with Crippen LogP contribution >= 0.6 is 11.3 Å². The zero-order chi connectivity index (χ0) is 22.2. The Morgan fingerprint density at radius 3 is 2.41 bits per heavy atom. The molecule has 0 aliphatic rings. The summed E-state index contributed by atoms with van der Waals surface area (Å²) in [4.78, 5) is 4.30. The van der Waals surface area contributed by atoms with Crippen LogP contribution in [0.5, 0.6) is 0 Å². The molecular formula is C31H18N2S. The number of pyridine rings is 1. The van der Waals surface area contributed by atoms with Crippen LogP contribution in [-0.2, 0) is 0 Å². The van der Waals surface area contributed by atoms with Crippen molar-refractivity contribution in [3.63, 3.8) is 0 Å². The molecule has 8 aromatic rings. The van der Waals surface area contributed by atoms with Crippen molar-refractivity contribution in [3.8, 4) is 5.69 Å². The predicted molar refractivity (Wildman–Crippen MR) is 146 cm³/mol. The van der Waals surface area contributed by atoms with Crippen LogP contribution in [0.15, 0.2) is 109 Å². The van der Waals surface area contributed by atoms with E-state index in [9.17, 15) is 0 Å². The minimum atomic E-state index is 1.16. The van der Waals surface area contributed by atoms with Gasteiger partial charge in [-0.1, -0.05) is 66.7 Å². The molecule has 0 amide bonds. The normalized spacial score (nSPS) is 12.1. The van der Waals surface area contributed by atoms with Gasteiger partial charge >= 0.3 is 0 Å². The van der Waals surface area contributed by atoms with Gasteiger partial charge in [0.05, 0.1) is 15.7 Å². The summed E-state index contributed by atoms with van der Waals surface area (Å²) in [5.41, 5.74) is 3.71. The Labute approximate surface area is 199 Å². The van der Waals surface area contributed by atoms with E-state index in [1.165, 1.54) is 63.8 Å². The molecule has 0 bridgehead atoms. The number of nitrogens with zero attached hydrogens (tertiary/aromatic N) is 2. The predicted octanol–water partition coefficient (Wildman–Crippen LogP) is 8.85. The second kappa shape index (κ2) is 6.66. The average Bonchev–Trinajstić information content (AvgIpc) is 3.44. The largest absolute Gasteiger partial charge is 0.308 e. The second-order valence-corrected chi connectivity index (χ2v) is 9.91. The zero-order valence-corrected chi connectivity index (χ0v) is 19.0. The van der Waals surface area contributed by atoms with Crippen LogP contribution in [0.25, 0.3) is 69.2 Å². The summed E-state index contributed by atoms with van der Waals surface area (Å²) in [7, 11) is 0. The van der Waals surface area contributed by atoms with Gasteiger partial charge in [-0.05, 0) is 46.5 Å². The summed E-state index contributed by atoms with van der Waals surface area (Å²) in [6.07, 6.45) is 3.80. The van der Waals surface area contributed by atoms with Gasteiger partial charge in [-0.2, -0.15) is 0 Å². The summed E-state index contributed by atoms with van der Waals surface area (Å²) in [5, 5.41) is 10.2.